The van der Waals surface area contributed by atoms with Crippen molar-refractivity contribution in [2.75, 3.05) is 19.3 Å². The monoisotopic (exact) mass is 635 g/mol. The third-order valence-electron chi connectivity index (χ3n) is 6.93. The normalized spacial score (nSPS) is 13.2. The van der Waals surface area contributed by atoms with Crippen LogP contribution in [0.3, 0.4) is 0 Å². The zero-order valence-corrected chi connectivity index (χ0v) is 30.4. The molecule has 0 amide bonds. The molecule has 0 aliphatic carbocycles. The summed E-state index contributed by atoms with van der Waals surface area (Å²) in [4.78, 5) is 25.0. The summed E-state index contributed by atoms with van der Waals surface area (Å²) < 4.78 is 5.78. The van der Waals surface area contributed by atoms with E-state index in [2.05, 4.69) is 49.6 Å². The number of nitrogens with zero attached hydrogens (tertiary/aromatic N) is 1. The van der Waals surface area contributed by atoms with Crippen LogP contribution < -0.4 is 4.74 Å². The highest BCUT2D eigenvalue weighted by Gasteiger charge is 2.31. The first kappa shape index (κ1) is 41.5. The van der Waals surface area contributed by atoms with E-state index in [1.807, 2.05) is 90.3 Å². The molecule has 1 aliphatic rings. The van der Waals surface area contributed by atoms with Crippen LogP contribution >= 0.6 is 11.8 Å². The lowest BCUT2D eigenvalue weighted by Gasteiger charge is -2.25. The summed E-state index contributed by atoms with van der Waals surface area (Å²) in [5, 5.41) is 9.26. The standard InChI is InChI=1S/C20H29NO3.C8H8OS.C7H8.2C2H6/c1-13(2)21-8-7-16(12-21)11-17-9-14(3)18(15(4)10-17)24-20(5,6)19(22)23;1-10-8-4-2-7(6-9)3-5-8;1-7-5-3-2-4-6-7;2*1-2/h9-10,16H,1,7-8,11-12H2,2-6H3,(H,22,23);2-6H,1H3;2-6H,1H3;2*1-2H3. The molecule has 6 heteroatoms. The van der Waals surface area contributed by atoms with Gasteiger partial charge in [0.1, 0.15) is 12.0 Å². The van der Waals surface area contributed by atoms with Gasteiger partial charge >= 0.3 is 5.97 Å². The molecule has 4 rings (SSSR count). The molecule has 1 fully saturated rings. The van der Waals surface area contributed by atoms with Gasteiger partial charge in [0.05, 0.1) is 0 Å². The van der Waals surface area contributed by atoms with E-state index in [1.54, 1.807) is 25.6 Å². The van der Waals surface area contributed by atoms with Crippen LogP contribution in [0.25, 0.3) is 0 Å². The van der Waals surface area contributed by atoms with Gasteiger partial charge in [-0.2, -0.15) is 0 Å². The van der Waals surface area contributed by atoms with Gasteiger partial charge in [-0.1, -0.05) is 94.4 Å². The lowest BCUT2D eigenvalue weighted by Crippen LogP contribution is -2.38. The number of carboxylic acids is 1. The maximum Gasteiger partial charge on any atom is 0.347 e. The van der Waals surface area contributed by atoms with Gasteiger partial charge in [-0.15, -0.1) is 11.8 Å². The molecule has 0 bridgehead atoms. The number of benzene rings is 3. The van der Waals surface area contributed by atoms with E-state index in [0.29, 0.717) is 11.7 Å². The van der Waals surface area contributed by atoms with Crippen LogP contribution in [0.15, 0.2) is 83.9 Å². The molecule has 1 aliphatic heterocycles. The Morgan fingerprint density at radius 3 is 1.91 bits per heavy atom. The number of aliphatic carboxylic acids is 1. The average Bonchev–Trinajstić information content (AvgIpc) is 3.51. The number of allylic oxidation sites excluding steroid dienone is 1. The van der Waals surface area contributed by atoms with Crippen LogP contribution in [0, 0.1) is 26.7 Å². The Labute approximate surface area is 278 Å². The maximum absolute atomic E-state index is 11.3. The van der Waals surface area contributed by atoms with Gasteiger partial charge < -0.3 is 14.7 Å². The molecule has 3 aromatic rings. The van der Waals surface area contributed by atoms with Crippen molar-refractivity contribution in [3.05, 3.63) is 107 Å². The molecule has 1 saturated heterocycles. The molecule has 1 atom stereocenters. The number of carbonyl (C=O) groups excluding carboxylic acids is 1. The van der Waals surface area contributed by atoms with Crippen molar-refractivity contribution < 1.29 is 19.4 Å². The Morgan fingerprint density at radius 2 is 1.53 bits per heavy atom. The molecular weight excluding hydrogens is 578 g/mol. The van der Waals surface area contributed by atoms with Crippen molar-refractivity contribution in [3.63, 3.8) is 0 Å². The van der Waals surface area contributed by atoms with Crippen molar-refractivity contribution in [2.24, 2.45) is 5.92 Å². The van der Waals surface area contributed by atoms with E-state index in [4.69, 9.17) is 4.74 Å². The predicted octanol–water partition coefficient (Wildman–Crippen LogP) is 10.2. The predicted molar refractivity (Wildman–Crippen MR) is 194 cm³/mol. The second kappa shape index (κ2) is 22.1. The van der Waals surface area contributed by atoms with Crippen LogP contribution in [0.5, 0.6) is 5.75 Å². The molecule has 45 heavy (non-hydrogen) atoms. The van der Waals surface area contributed by atoms with Crippen molar-refractivity contribution in [1.29, 1.82) is 0 Å². The second-order valence-corrected chi connectivity index (χ2v) is 11.9. The highest BCUT2D eigenvalue weighted by molar-refractivity contribution is 7.98. The fourth-order valence-electron chi connectivity index (χ4n) is 4.51. The third kappa shape index (κ3) is 15.4. The summed E-state index contributed by atoms with van der Waals surface area (Å²) in [6, 6.07) is 22.0. The van der Waals surface area contributed by atoms with Gasteiger partial charge in [-0.25, -0.2) is 4.79 Å². The van der Waals surface area contributed by atoms with Gasteiger partial charge in [0.15, 0.2) is 5.60 Å². The lowest BCUT2D eigenvalue weighted by atomic mass is 9.95. The summed E-state index contributed by atoms with van der Waals surface area (Å²) >= 11 is 1.67. The molecule has 0 saturated carbocycles. The minimum atomic E-state index is -1.23. The summed E-state index contributed by atoms with van der Waals surface area (Å²) in [6.07, 6.45) is 5.09. The summed E-state index contributed by atoms with van der Waals surface area (Å²) in [5.41, 5.74) is 5.25. The van der Waals surface area contributed by atoms with E-state index in [0.717, 1.165) is 48.2 Å². The zero-order chi connectivity index (χ0) is 34.6. The highest BCUT2D eigenvalue weighted by atomic mass is 32.2. The second-order valence-electron chi connectivity index (χ2n) is 11.1. The topological polar surface area (TPSA) is 66.8 Å². The van der Waals surface area contributed by atoms with Gasteiger partial charge in [0.2, 0.25) is 0 Å². The van der Waals surface area contributed by atoms with E-state index in [9.17, 15) is 14.7 Å². The minimum Gasteiger partial charge on any atom is -0.478 e. The number of aldehydes is 1. The number of hydrogen-bond donors (Lipinski definition) is 1. The Morgan fingerprint density at radius 1 is 1.00 bits per heavy atom. The molecule has 1 heterocycles. The number of likely N-dealkylation sites (tertiary alicyclic amines) is 1. The summed E-state index contributed by atoms with van der Waals surface area (Å²) in [5.74, 6) is 0.361. The number of hydrogen-bond acceptors (Lipinski definition) is 5. The number of aryl methyl sites for hydroxylation is 3. The van der Waals surface area contributed by atoms with Gasteiger partial charge in [-0.3, -0.25) is 4.79 Å². The Balaban J connectivity index is 0.000000751. The molecule has 1 unspecified atom stereocenters. The first-order valence-electron chi connectivity index (χ1n) is 15.9. The fourth-order valence-corrected chi connectivity index (χ4v) is 4.92. The number of ether oxygens (including phenoxy) is 1. The molecule has 0 radical (unpaired) electrons. The number of thioether (sulfide) groups is 1. The smallest absolute Gasteiger partial charge is 0.347 e. The van der Waals surface area contributed by atoms with Crippen LogP contribution in [-0.4, -0.2) is 47.2 Å². The van der Waals surface area contributed by atoms with Crippen LogP contribution in [0.2, 0.25) is 0 Å². The molecule has 248 valence electrons. The first-order valence-corrected chi connectivity index (χ1v) is 17.1. The lowest BCUT2D eigenvalue weighted by molar-refractivity contribution is -0.152. The largest absolute Gasteiger partial charge is 0.478 e. The van der Waals surface area contributed by atoms with Crippen molar-refractivity contribution >= 4 is 24.0 Å². The molecule has 0 spiro atoms. The average molecular weight is 636 g/mol. The SMILES string of the molecule is C=C(C)N1CCC(Cc2cc(C)c(OC(C)(C)C(=O)O)c(C)c2)C1.CC.CC.CSc1ccc(C=O)cc1.Cc1ccccc1. The Bertz CT molecular complexity index is 1260. The molecule has 1 N–H and O–H groups in total. The number of carboxylic acid groups (broad SMARTS) is 1. The van der Waals surface area contributed by atoms with Gasteiger partial charge in [-0.05, 0) is 95.4 Å². The van der Waals surface area contributed by atoms with E-state index >= 15 is 0 Å². The molecule has 5 nitrogen and oxygen atoms in total. The Kier molecular flexibility index (Phi) is 20.3. The maximum atomic E-state index is 11.3. The summed E-state index contributed by atoms with van der Waals surface area (Å²) in [7, 11) is 0. The van der Waals surface area contributed by atoms with E-state index < -0.39 is 11.6 Å². The zero-order valence-electron chi connectivity index (χ0n) is 29.6. The quantitative estimate of drug-likeness (QED) is 0.196. The summed E-state index contributed by atoms with van der Waals surface area (Å²) in [6.45, 7) is 25.5. The molecule has 0 aromatic heterocycles. The van der Waals surface area contributed by atoms with Gasteiger partial charge in [0, 0.05) is 29.2 Å². The van der Waals surface area contributed by atoms with Crippen molar-refractivity contribution in [1.82, 2.24) is 4.90 Å². The van der Waals surface area contributed by atoms with E-state index in [-0.39, 0.29) is 0 Å². The number of rotatable bonds is 8. The van der Waals surface area contributed by atoms with E-state index in [1.165, 1.54) is 22.4 Å². The molecular formula is C39H57NO4S. The Hall–Kier alpha value is -3.51. The third-order valence-corrected chi connectivity index (χ3v) is 7.68. The first-order chi connectivity index (χ1) is 21.4. The minimum absolute atomic E-state index is 0.641. The van der Waals surface area contributed by atoms with Crippen LogP contribution in [0.1, 0.15) is 87.5 Å². The van der Waals surface area contributed by atoms with Gasteiger partial charge in [0.25, 0.3) is 0 Å². The number of carbonyl (C=O) groups is 2. The van der Waals surface area contributed by atoms with Crippen molar-refractivity contribution in [2.45, 2.75) is 92.6 Å². The fraction of sp³-hybridized carbons (Fsp3) is 0.436. The van der Waals surface area contributed by atoms with Crippen LogP contribution in [0.4, 0.5) is 0 Å². The van der Waals surface area contributed by atoms with Crippen LogP contribution in [-0.2, 0) is 11.2 Å². The molecule has 3 aromatic carbocycles. The van der Waals surface area contributed by atoms with Crippen molar-refractivity contribution in [3.8, 4) is 5.75 Å². The highest BCUT2D eigenvalue weighted by Crippen LogP contribution is 2.31.